The standard InChI is InChI=1S/C30H35N3/c1-4-6-13-24(5-2)23-33-29-18-11-10-17-27(29)28-22-25(19-20-30(28)33)14-12-21-31-32(3)26-15-8-7-9-16-26/h7-12,14-22,24H,4-6,13,23H2,1-3H3/b14-12+,31-21+. The number of benzene rings is 3. The van der Waals surface area contributed by atoms with Crippen LogP contribution in [0, 0.1) is 5.92 Å². The summed E-state index contributed by atoms with van der Waals surface area (Å²) in [5, 5.41) is 9.06. The molecule has 4 aromatic rings. The number of para-hydroxylation sites is 2. The first-order valence-corrected chi connectivity index (χ1v) is 12.2. The van der Waals surface area contributed by atoms with Crippen molar-refractivity contribution in [1.29, 1.82) is 0 Å². The fourth-order valence-electron chi connectivity index (χ4n) is 4.55. The highest BCUT2D eigenvalue weighted by molar-refractivity contribution is 6.08. The second kappa shape index (κ2) is 11.0. The van der Waals surface area contributed by atoms with Crippen LogP contribution in [-0.4, -0.2) is 17.8 Å². The Morgan fingerprint density at radius 1 is 0.909 bits per heavy atom. The van der Waals surface area contributed by atoms with Crippen LogP contribution < -0.4 is 5.01 Å². The van der Waals surface area contributed by atoms with Crippen molar-refractivity contribution < 1.29 is 0 Å². The number of aromatic nitrogens is 1. The van der Waals surface area contributed by atoms with E-state index in [4.69, 9.17) is 0 Å². The van der Waals surface area contributed by atoms with Crippen LogP contribution in [0.4, 0.5) is 5.69 Å². The molecule has 0 spiro atoms. The highest BCUT2D eigenvalue weighted by atomic mass is 15.4. The molecule has 3 aromatic carbocycles. The largest absolute Gasteiger partial charge is 0.340 e. The van der Waals surface area contributed by atoms with Gasteiger partial charge in [0.25, 0.3) is 0 Å². The van der Waals surface area contributed by atoms with E-state index in [9.17, 15) is 0 Å². The lowest BCUT2D eigenvalue weighted by Crippen LogP contribution is -2.10. The quantitative estimate of drug-likeness (QED) is 0.181. The molecule has 0 amide bonds. The van der Waals surface area contributed by atoms with E-state index in [0.29, 0.717) is 0 Å². The molecule has 0 aliphatic rings. The van der Waals surface area contributed by atoms with Gasteiger partial charge in [-0.05, 0) is 54.3 Å². The second-order valence-corrected chi connectivity index (χ2v) is 8.80. The van der Waals surface area contributed by atoms with Crippen molar-refractivity contribution >= 4 is 39.8 Å². The molecular formula is C30H35N3. The average molecular weight is 438 g/mol. The predicted molar refractivity (Wildman–Crippen MR) is 145 cm³/mol. The molecule has 0 N–H and O–H groups in total. The van der Waals surface area contributed by atoms with Crippen LogP contribution in [0.2, 0.25) is 0 Å². The molecule has 33 heavy (non-hydrogen) atoms. The molecule has 3 heteroatoms. The summed E-state index contributed by atoms with van der Waals surface area (Å²) < 4.78 is 2.54. The number of anilines is 1. The van der Waals surface area contributed by atoms with Crippen LogP contribution in [0.3, 0.4) is 0 Å². The Balaban J connectivity index is 1.59. The minimum absolute atomic E-state index is 0.723. The average Bonchev–Trinajstić information content (AvgIpc) is 3.17. The highest BCUT2D eigenvalue weighted by Gasteiger charge is 2.14. The third-order valence-corrected chi connectivity index (χ3v) is 6.52. The number of rotatable bonds is 10. The summed E-state index contributed by atoms with van der Waals surface area (Å²) in [5.74, 6) is 0.723. The Kier molecular flexibility index (Phi) is 7.62. The smallest absolute Gasteiger partial charge is 0.0590 e. The predicted octanol–water partition coefficient (Wildman–Crippen LogP) is 8.15. The molecule has 0 radical (unpaired) electrons. The van der Waals surface area contributed by atoms with E-state index in [2.05, 4.69) is 84.2 Å². The molecule has 0 saturated heterocycles. The van der Waals surface area contributed by atoms with Gasteiger partial charge < -0.3 is 4.57 Å². The zero-order valence-corrected chi connectivity index (χ0v) is 20.1. The molecule has 1 aromatic heterocycles. The Hall–Kier alpha value is -3.33. The van der Waals surface area contributed by atoms with E-state index in [0.717, 1.165) is 18.2 Å². The fraction of sp³-hybridized carbons (Fsp3) is 0.300. The van der Waals surface area contributed by atoms with Gasteiger partial charge in [0.15, 0.2) is 0 Å². The van der Waals surface area contributed by atoms with Gasteiger partial charge in [0.2, 0.25) is 0 Å². The number of nitrogens with zero attached hydrogens (tertiary/aromatic N) is 3. The van der Waals surface area contributed by atoms with Gasteiger partial charge in [-0.3, -0.25) is 5.01 Å². The summed E-state index contributed by atoms with van der Waals surface area (Å²) in [6.45, 7) is 5.70. The number of hydrogen-bond acceptors (Lipinski definition) is 2. The van der Waals surface area contributed by atoms with Crippen molar-refractivity contribution in [3.63, 3.8) is 0 Å². The lowest BCUT2D eigenvalue weighted by molar-refractivity contribution is 0.401. The molecule has 1 atom stereocenters. The SMILES string of the molecule is CCCCC(CC)Cn1c2ccccc2c2cc(/C=C/C=N/N(C)c3ccccc3)ccc21. The van der Waals surface area contributed by atoms with Crippen molar-refractivity contribution in [2.24, 2.45) is 11.0 Å². The maximum absolute atomic E-state index is 4.51. The first-order chi connectivity index (χ1) is 16.2. The van der Waals surface area contributed by atoms with Crippen molar-refractivity contribution in [3.05, 3.63) is 84.4 Å². The molecule has 3 nitrogen and oxygen atoms in total. The lowest BCUT2D eigenvalue weighted by atomic mass is 9.99. The topological polar surface area (TPSA) is 20.5 Å². The van der Waals surface area contributed by atoms with Crippen LogP contribution in [0.25, 0.3) is 27.9 Å². The summed E-state index contributed by atoms with van der Waals surface area (Å²) >= 11 is 0. The van der Waals surface area contributed by atoms with Crippen LogP contribution in [-0.2, 0) is 6.54 Å². The molecule has 1 heterocycles. The molecule has 0 aliphatic carbocycles. The van der Waals surface area contributed by atoms with Crippen LogP contribution in [0.1, 0.15) is 45.1 Å². The van der Waals surface area contributed by atoms with Crippen molar-refractivity contribution in [2.45, 2.75) is 46.1 Å². The van der Waals surface area contributed by atoms with E-state index < -0.39 is 0 Å². The Labute approximate surface area is 198 Å². The highest BCUT2D eigenvalue weighted by Crippen LogP contribution is 2.31. The zero-order chi connectivity index (χ0) is 23.0. The summed E-state index contributed by atoms with van der Waals surface area (Å²) in [6.07, 6.45) is 11.1. The summed E-state index contributed by atoms with van der Waals surface area (Å²) in [7, 11) is 1.96. The number of unbranched alkanes of at least 4 members (excludes halogenated alkanes) is 1. The number of allylic oxidation sites excluding steroid dienone is 1. The van der Waals surface area contributed by atoms with Crippen LogP contribution in [0.5, 0.6) is 0 Å². The summed E-state index contributed by atoms with van der Waals surface area (Å²) in [5.41, 5.74) is 4.94. The van der Waals surface area contributed by atoms with Crippen molar-refractivity contribution in [1.82, 2.24) is 4.57 Å². The van der Waals surface area contributed by atoms with Crippen molar-refractivity contribution in [2.75, 3.05) is 12.1 Å². The monoisotopic (exact) mass is 437 g/mol. The van der Waals surface area contributed by atoms with E-state index in [1.807, 2.05) is 42.5 Å². The van der Waals surface area contributed by atoms with Gasteiger partial charge in [-0.1, -0.05) is 81.7 Å². The molecular weight excluding hydrogens is 402 g/mol. The molecule has 0 bridgehead atoms. The molecule has 0 aliphatic heterocycles. The first-order valence-electron chi connectivity index (χ1n) is 12.2. The van der Waals surface area contributed by atoms with Gasteiger partial charge in [0.05, 0.1) is 5.69 Å². The van der Waals surface area contributed by atoms with Gasteiger partial charge in [0.1, 0.15) is 0 Å². The zero-order valence-electron chi connectivity index (χ0n) is 20.1. The van der Waals surface area contributed by atoms with Gasteiger partial charge >= 0.3 is 0 Å². The Morgan fingerprint density at radius 3 is 2.45 bits per heavy atom. The van der Waals surface area contributed by atoms with E-state index in [1.54, 1.807) is 0 Å². The molecule has 1 unspecified atom stereocenters. The van der Waals surface area contributed by atoms with E-state index >= 15 is 0 Å². The number of fused-ring (bicyclic) bond motifs is 3. The maximum Gasteiger partial charge on any atom is 0.0590 e. The fourth-order valence-corrected chi connectivity index (χ4v) is 4.55. The van der Waals surface area contributed by atoms with Crippen LogP contribution >= 0.6 is 0 Å². The van der Waals surface area contributed by atoms with Gasteiger partial charge in [-0.25, -0.2) is 0 Å². The second-order valence-electron chi connectivity index (χ2n) is 8.80. The number of hydrogen-bond donors (Lipinski definition) is 0. The molecule has 4 rings (SSSR count). The normalized spacial score (nSPS) is 12.9. The van der Waals surface area contributed by atoms with Gasteiger partial charge in [-0.2, -0.15) is 5.10 Å². The van der Waals surface area contributed by atoms with E-state index in [-0.39, 0.29) is 0 Å². The van der Waals surface area contributed by atoms with Crippen LogP contribution in [0.15, 0.2) is 84.0 Å². The van der Waals surface area contributed by atoms with Gasteiger partial charge in [0, 0.05) is 41.6 Å². The Bertz CT molecular complexity index is 1230. The van der Waals surface area contributed by atoms with E-state index in [1.165, 1.54) is 53.1 Å². The first kappa shape index (κ1) is 22.8. The van der Waals surface area contributed by atoms with Gasteiger partial charge in [-0.15, -0.1) is 0 Å². The molecule has 0 fully saturated rings. The third kappa shape index (κ3) is 5.36. The lowest BCUT2D eigenvalue weighted by Gasteiger charge is -2.17. The number of hydrazone groups is 1. The van der Waals surface area contributed by atoms with Crippen molar-refractivity contribution in [3.8, 4) is 0 Å². The summed E-state index contributed by atoms with van der Waals surface area (Å²) in [4.78, 5) is 0. The third-order valence-electron chi connectivity index (χ3n) is 6.52. The molecule has 170 valence electrons. The Morgan fingerprint density at radius 2 is 1.67 bits per heavy atom. The molecule has 0 saturated carbocycles. The maximum atomic E-state index is 4.51. The minimum Gasteiger partial charge on any atom is -0.340 e. The summed E-state index contributed by atoms with van der Waals surface area (Å²) in [6, 6.07) is 25.8. The minimum atomic E-state index is 0.723.